The quantitative estimate of drug-likeness (QED) is 0.901. The van der Waals surface area contributed by atoms with Crippen molar-refractivity contribution in [1.82, 2.24) is 14.9 Å². The minimum atomic E-state index is 0.204. The lowest BCUT2D eigenvalue weighted by molar-refractivity contribution is -0.136. The molecule has 1 aliphatic heterocycles. The van der Waals surface area contributed by atoms with E-state index in [-0.39, 0.29) is 11.7 Å². The highest BCUT2D eigenvalue weighted by Crippen LogP contribution is 2.40. The Hall–Kier alpha value is -2.43. The highest BCUT2D eigenvalue weighted by atomic mass is 16.3. The van der Waals surface area contributed by atoms with E-state index < -0.39 is 0 Å². The van der Waals surface area contributed by atoms with Gasteiger partial charge in [-0.25, -0.2) is 9.97 Å². The molecule has 1 aromatic heterocycles. The van der Waals surface area contributed by atoms with Crippen LogP contribution in [0.3, 0.4) is 0 Å². The maximum Gasteiger partial charge on any atom is 0.225 e. The molecule has 5 heteroatoms. The van der Waals surface area contributed by atoms with Crippen LogP contribution >= 0.6 is 0 Å². The van der Waals surface area contributed by atoms with Gasteiger partial charge >= 0.3 is 0 Å². The molecule has 1 N–H and O–H groups in total. The van der Waals surface area contributed by atoms with Gasteiger partial charge in [-0.1, -0.05) is 12.8 Å². The van der Waals surface area contributed by atoms with E-state index in [1.165, 1.54) is 25.7 Å². The van der Waals surface area contributed by atoms with Gasteiger partial charge in [0.25, 0.3) is 0 Å². The third-order valence-electron chi connectivity index (χ3n) is 6.18. The van der Waals surface area contributed by atoms with Crippen LogP contribution in [0.2, 0.25) is 0 Å². The van der Waals surface area contributed by atoms with Crippen molar-refractivity contribution in [2.45, 2.75) is 57.4 Å². The van der Waals surface area contributed by atoms with Crippen molar-refractivity contribution in [2.75, 3.05) is 6.54 Å². The third kappa shape index (κ3) is 3.20. The fourth-order valence-electron chi connectivity index (χ4n) is 4.43. The van der Waals surface area contributed by atoms with Crippen LogP contribution in [0.15, 0.2) is 24.3 Å². The first kappa shape index (κ1) is 16.7. The summed E-state index contributed by atoms with van der Waals surface area (Å²) in [5.74, 6) is 2.20. The van der Waals surface area contributed by atoms with Gasteiger partial charge in [0, 0.05) is 42.5 Å². The van der Waals surface area contributed by atoms with E-state index in [0.29, 0.717) is 18.4 Å². The molecule has 1 amide bonds. The van der Waals surface area contributed by atoms with E-state index in [4.69, 9.17) is 9.97 Å². The number of phenols is 1. The maximum atomic E-state index is 12.9. The number of aromatic nitrogens is 2. The zero-order chi connectivity index (χ0) is 18.4. The number of amides is 1. The number of phenolic OH excluding ortho intramolecular Hbond substituents is 1. The van der Waals surface area contributed by atoms with E-state index in [2.05, 4.69) is 0 Å². The summed E-state index contributed by atoms with van der Waals surface area (Å²) in [5.41, 5.74) is 4.11. The van der Waals surface area contributed by atoms with Crippen LogP contribution in [-0.2, 0) is 17.8 Å². The highest BCUT2D eigenvalue weighted by molar-refractivity contribution is 5.80. The normalized spacial score (nSPS) is 19.9. The first-order chi connectivity index (χ1) is 13.2. The molecule has 3 aliphatic rings. The van der Waals surface area contributed by atoms with Gasteiger partial charge in [-0.05, 0) is 49.9 Å². The van der Waals surface area contributed by atoms with Gasteiger partial charge in [-0.3, -0.25) is 4.79 Å². The Morgan fingerprint density at radius 3 is 2.48 bits per heavy atom. The number of hydrogen-bond acceptors (Lipinski definition) is 4. The molecule has 5 rings (SSSR count). The number of hydrogen-bond donors (Lipinski definition) is 1. The minimum Gasteiger partial charge on any atom is -0.508 e. The lowest BCUT2D eigenvalue weighted by Crippen LogP contribution is -2.40. The summed E-state index contributed by atoms with van der Waals surface area (Å²) in [6, 6.07) is 7.22. The second-order valence-corrected chi connectivity index (χ2v) is 8.17. The lowest BCUT2D eigenvalue weighted by atomic mass is 9.97. The number of carbonyl (C=O) groups excluding carboxylic acids is 1. The molecule has 0 bridgehead atoms. The number of carbonyl (C=O) groups is 1. The maximum absolute atomic E-state index is 12.9. The largest absolute Gasteiger partial charge is 0.508 e. The molecule has 5 nitrogen and oxygen atoms in total. The Kier molecular flexibility index (Phi) is 4.10. The summed E-state index contributed by atoms with van der Waals surface area (Å²) >= 11 is 0. The summed E-state index contributed by atoms with van der Waals surface area (Å²) in [6.07, 6.45) is 7.55. The predicted molar refractivity (Wildman–Crippen MR) is 102 cm³/mol. The van der Waals surface area contributed by atoms with Gasteiger partial charge in [-0.2, -0.15) is 0 Å². The number of aromatic hydroxyl groups is 1. The third-order valence-corrected chi connectivity index (χ3v) is 6.18. The molecule has 0 unspecified atom stereocenters. The molecule has 0 saturated heterocycles. The van der Waals surface area contributed by atoms with Crippen molar-refractivity contribution in [3.05, 3.63) is 41.3 Å². The van der Waals surface area contributed by atoms with E-state index in [1.807, 2.05) is 17.0 Å². The average Bonchev–Trinajstić information content (AvgIpc) is 3.41. The number of nitrogens with zero attached hydrogens (tertiary/aromatic N) is 3. The summed E-state index contributed by atoms with van der Waals surface area (Å²) in [6.45, 7) is 1.37. The van der Waals surface area contributed by atoms with Gasteiger partial charge in [-0.15, -0.1) is 0 Å². The van der Waals surface area contributed by atoms with Crippen LogP contribution < -0.4 is 0 Å². The van der Waals surface area contributed by atoms with Crippen LogP contribution in [0.25, 0.3) is 11.3 Å². The van der Waals surface area contributed by atoms with Gasteiger partial charge in [0.2, 0.25) is 5.91 Å². The second-order valence-electron chi connectivity index (χ2n) is 8.17. The Balaban J connectivity index is 1.52. The Morgan fingerprint density at radius 2 is 1.78 bits per heavy atom. The zero-order valence-corrected chi connectivity index (χ0v) is 15.5. The summed E-state index contributed by atoms with van der Waals surface area (Å²) in [7, 11) is 0. The van der Waals surface area contributed by atoms with E-state index in [1.54, 1.807) is 12.1 Å². The molecular weight excluding hydrogens is 338 g/mol. The van der Waals surface area contributed by atoms with Gasteiger partial charge in [0.05, 0.1) is 11.4 Å². The van der Waals surface area contributed by atoms with Gasteiger partial charge in [0.15, 0.2) is 0 Å². The van der Waals surface area contributed by atoms with E-state index in [0.717, 1.165) is 54.1 Å². The van der Waals surface area contributed by atoms with E-state index >= 15 is 0 Å². The van der Waals surface area contributed by atoms with Crippen molar-refractivity contribution in [1.29, 1.82) is 0 Å². The Morgan fingerprint density at radius 1 is 1.04 bits per heavy atom. The molecule has 2 heterocycles. The highest BCUT2D eigenvalue weighted by Gasteiger charge is 2.33. The van der Waals surface area contributed by atoms with Crippen molar-refractivity contribution < 1.29 is 9.90 Å². The molecule has 2 aliphatic carbocycles. The zero-order valence-electron chi connectivity index (χ0n) is 15.5. The number of rotatable bonds is 3. The van der Waals surface area contributed by atoms with Crippen molar-refractivity contribution in [3.63, 3.8) is 0 Å². The summed E-state index contributed by atoms with van der Waals surface area (Å²) in [4.78, 5) is 24.7. The monoisotopic (exact) mass is 363 g/mol. The summed E-state index contributed by atoms with van der Waals surface area (Å²) < 4.78 is 0. The number of benzene rings is 1. The molecule has 1 aromatic carbocycles. The molecule has 2 aromatic rings. The SMILES string of the molecule is O=C(C1CCCC1)N1CCc2nc(C3CC3)nc(-c3ccc(O)cc3)c2C1. The van der Waals surface area contributed by atoms with Crippen LogP contribution in [0.4, 0.5) is 0 Å². The summed E-state index contributed by atoms with van der Waals surface area (Å²) in [5, 5.41) is 9.65. The molecule has 0 radical (unpaired) electrons. The minimum absolute atomic E-state index is 0.204. The van der Waals surface area contributed by atoms with Crippen LogP contribution in [-0.4, -0.2) is 32.4 Å². The molecule has 2 fully saturated rings. The van der Waals surface area contributed by atoms with E-state index in [9.17, 15) is 9.90 Å². The van der Waals surface area contributed by atoms with Crippen molar-refractivity contribution in [3.8, 4) is 17.0 Å². The van der Waals surface area contributed by atoms with Crippen LogP contribution in [0.1, 0.15) is 61.5 Å². The molecule has 0 spiro atoms. The van der Waals surface area contributed by atoms with Gasteiger partial charge in [0.1, 0.15) is 11.6 Å². The Bertz CT molecular complexity index is 868. The predicted octanol–water partition coefficient (Wildman–Crippen LogP) is 3.80. The molecular formula is C22H25N3O2. The second kappa shape index (κ2) is 6.63. The topological polar surface area (TPSA) is 66.3 Å². The first-order valence-electron chi connectivity index (χ1n) is 10.2. The first-order valence-corrected chi connectivity index (χ1v) is 10.2. The van der Waals surface area contributed by atoms with Gasteiger partial charge < -0.3 is 10.0 Å². The fraction of sp³-hybridized carbons (Fsp3) is 0.500. The molecule has 140 valence electrons. The molecule has 0 atom stereocenters. The average molecular weight is 363 g/mol. The molecule has 2 saturated carbocycles. The van der Waals surface area contributed by atoms with Crippen LogP contribution in [0, 0.1) is 5.92 Å². The van der Waals surface area contributed by atoms with Crippen molar-refractivity contribution in [2.24, 2.45) is 5.92 Å². The van der Waals surface area contributed by atoms with Crippen molar-refractivity contribution >= 4 is 5.91 Å². The standard InChI is InChI=1S/C22H25N3O2/c26-17-9-7-14(8-10-17)20-18-13-25(22(27)16-3-1-2-4-16)12-11-19(18)23-21(24-20)15-5-6-15/h7-10,15-16,26H,1-6,11-13H2. The number of fused-ring (bicyclic) bond motifs is 1. The smallest absolute Gasteiger partial charge is 0.225 e. The Labute approximate surface area is 159 Å². The fourth-order valence-corrected chi connectivity index (χ4v) is 4.43. The lowest BCUT2D eigenvalue weighted by Gasteiger charge is -2.31. The van der Waals surface area contributed by atoms with Crippen LogP contribution in [0.5, 0.6) is 5.75 Å². The molecule has 27 heavy (non-hydrogen) atoms.